The average Bonchev–Trinajstić information content (AvgIpc) is 2.88. The zero-order valence-corrected chi connectivity index (χ0v) is 20.3. The standard InChI is InChI=1S/C28H27F3N4O2/c1-35-13-10-19(11-14-35)18-5-7-22(8-6-18)33-27-26-21(9-12-32-25(26)17-36)16-24(34-27)20-3-2-4-23(15-20)37-28(29,30)31/h2-9,12,15-17,19,25,32H,10-11,13-14H2,1H3,(H,33,34). The van der Waals surface area contributed by atoms with E-state index in [4.69, 9.17) is 4.98 Å². The van der Waals surface area contributed by atoms with Gasteiger partial charge < -0.3 is 25.1 Å². The molecular weight excluding hydrogens is 481 g/mol. The van der Waals surface area contributed by atoms with Gasteiger partial charge in [-0.05, 0) is 92.6 Å². The number of hydrogen-bond donors (Lipinski definition) is 2. The molecule has 2 aliphatic heterocycles. The van der Waals surface area contributed by atoms with Gasteiger partial charge >= 0.3 is 6.36 Å². The maximum absolute atomic E-state index is 12.8. The predicted octanol–water partition coefficient (Wildman–Crippen LogP) is 6.01. The molecular formula is C28H27F3N4O2. The second-order valence-corrected chi connectivity index (χ2v) is 9.37. The molecule has 1 aromatic heterocycles. The lowest BCUT2D eigenvalue weighted by Gasteiger charge is -2.29. The van der Waals surface area contributed by atoms with Crippen molar-refractivity contribution in [2.24, 2.45) is 0 Å². The van der Waals surface area contributed by atoms with Gasteiger partial charge in [0.15, 0.2) is 0 Å². The van der Waals surface area contributed by atoms with Crippen molar-refractivity contribution in [1.82, 2.24) is 15.2 Å². The van der Waals surface area contributed by atoms with Gasteiger partial charge in [0.25, 0.3) is 0 Å². The van der Waals surface area contributed by atoms with E-state index in [1.54, 1.807) is 18.3 Å². The third-order valence-electron chi connectivity index (χ3n) is 6.80. The smallest absolute Gasteiger partial charge is 0.406 e. The zero-order chi connectivity index (χ0) is 26.0. The highest BCUT2D eigenvalue weighted by molar-refractivity contribution is 5.80. The molecule has 3 aromatic rings. The molecule has 3 heterocycles. The van der Waals surface area contributed by atoms with Gasteiger partial charge in [0.05, 0.1) is 5.69 Å². The van der Waals surface area contributed by atoms with E-state index < -0.39 is 12.4 Å². The molecule has 37 heavy (non-hydrogen) atoms. The van der Waals surface area contributed by atoms with Crippen LogP contribution < -0.4 is 15.4 Å². The Hall–Kier alpha value is -3.85. The van der Waals surface area contributed by atoms with E-state index in [1.165, 1.54) is 23.8 Å². The number of pyridine rings is 1. The maximum atomic E-state index is 12.8. The van der Waals surface area contributed by atoms with Crippen LogP contribution in [0.4, 0.5) is 24.7 Å². The summed E-state index contributed by atoms with van der Waals surface area (Å²) in [4.78, 5) is 18.9. The predicted molar refractivity (Wildman–Crippen MR) is 137 cm³/mol. The van der Waals surface area contributed by atoms with Crippen LogP contribution in [-0.4, -0.2) is 42.7 Å². The maximum Gasteiger partial charge on any atom is 0.573 e. The summed E-state index contributed by atoms with van der Waals surface area (Å²) in [6.45, 7) is 2.16. The lowest BCUT2D eigenvalue weighted by atomic mass is 9.89. The van der Waals surface area contributed by atoms with Gasteiger partial charge in [0.1, 0.15) is 23.9 Å². The number of nitrogens with zero attached hydrogens (tertiary/aromatic N) is 2. The number of nitrogens with one attached hydrogen (secondary N) is 2. The molecule has 1 saturated heterocycles. The highest BCUT2D eigenvalue weighted by Crippen LogP contribution is 2.36. The number of aromatic nitrogens is 1. The molecule has 0 saturated carbocycles. The van der Waals surface area contributed by atoms with Gasteiger partial charge in [-0.3, -0.25) is 0 Å². The molecule has 2 aliphatic rings. The number of piperidine rings is 1. The number of hydrogen-bond acceptors (Lipinski definition) is 6. The van der Waals surface area contributed by atoms with Crippen molar-refractivity contribution in [1.29, 1.82) is 0 Å². The third-order valence-corrected chi connectivity index (χ3v) is 6.80. The van der Waals surface area contributed by atoms with E-state index in [0.29, 0.717) is 28.6 Å². The van der Waals surface area contributed by atoms with Crippen LogP contribution >= 0.6 is 0 Å². The van der Waals surface area contributed by atoms with Crippen LogP contribution in [0.3, 0.4) is 0 Å². The first kappa shape index (κ1) is 24.8. The Kier molecular flexibility index (Phi) is 6.88. The highest BCUT2D eigenvalue weighted by Gasteiger charge is 2.31. The lowest BCUT2D eigenvalue weighted by molar-refractivity contribution is -0.274. The van der Waals surface area contributed by atoms with E-state index >= 15 is 0 Å². The number of alkyl halides is 3. The van der Waals surface area contributed by atoms with Crippen LogP contribution in [0.5, 0.6) is 5.75 Å². The summed E-state index contributed by atoms with van der Waals surface area (Å²) in [5, 5.41) is 6.36. The monoisotopic (exact) mass is 508 g/mol. The Balaban J connectivity index is 1.47. The molecule has 1 atom stereocenters. The minimum absolute atomic E-state index is 0.327. The highest BCUT2D eigenvalue weighted by atomic mass is 19.4. The Bertz CT molecular complexity index is 1300. The molecule has 2 aromatic carbocycles. The Morgan fingerprint density at radius 1 is 1.11 bits per heavy atom. The molecule has 0 spiro atoms. The zero-order valence-electron chi connectivity index (χ0n) is 20.3. The fourth-order valence-electron chi connectivity index (χ4n) is 4.88. The molecule has 0 amide bonds. The SMILES string of the molecule is CN1CCC(c2ccc(Nc3nc(-c4cccc(OC(F)(F)F)c4)cc4c3C(C=O)NC=C4)cc2)CC1. The molecule has 0 radical (unpaired) electrons. The van der Waals surface area contributed by atoms with E-state index in [-0.39, 0.29) is 5.75 Å². The van der Waals surface area contributed by atoms with Crippen LogP contribution in [0.25, 0.3) is 17.3 Å². The summed E-state index contributed by atoms with van der Waals surface area (Å²) in [7, 11) is 2.14. The van der Waals surface area contributed by atoms with Crippen LogP contribution in [0, 0.1) is 0 Å². The lowest BCUT2D eigenvalue weighted by Crippen LogP contribution is -2.29. The number of benzene rings is 2. The first-order valence-corrected chi connectivity index (χ1v) is 12.1. The first-order chi connectivity index (χ1) is 17.8. The molecule has 192 valence electrons. The fraction of sp³-hybridized carbons (Fsp3) is 0.286. The summed E-state index contributed by atoms with van der Waals surface area (Å²) in [6, 6.07) is 15.0. The quantitative estimate of drug-likeness (QED) is 0.398. The molecule has 0 bridgehead atoms. The summed E-state index contributed by atoms with van der Waals surface area (Å²) < 4.78 is 42.4. The van der Waals surface area contributed by atoms with Crippen molar-refractivity contribution in [2.45, 2.75) is 31.2 Å². The van der Waals surface area contributed by atoms with Crippen molar-refractivity contribution in [2.75, 3.05) is 25.5 Å². The topological polar surface area (TPSA) is 66.5 Å². The van der Waals surface area contributed by atoms with Crippen molar-refractivity contribution >= 4 is 23.9 Å². The van der Waals surface area contributed by atoms with Gasteiger partial charge in [0.2, 0.25) is 0 Å². The summed E-state index contributed by atoms with van der Waals surface area (Å²) in [5.74, 6) is 0.654. The Labute approximate surface area is 213 Å². The average molecular weight is 509 g/mol. The molecule has 1 fully saturated rings. The number of rotatable bonds is 6. The second-order valence-electron chi connectivity index (χ2n) is 9.37. The number of fused-ring (bicyclic) bond motifs is 1. The molecule has 0 aliphatic carbocycles. The molecule has 6 nitrogen and oxygen atoms in total. The number of anilines is 2. The Morgan fingerprint density at radius 3 is 2.57 bits per heavy atom. The van der Waals surface area contributed by atoms with E-state index in [2.05, 4.69) is 39.5 Å². The number of likely N-dealkylation sites (tertiary alicyclic amines) is 1. The van der Waals surface area contributed by atoms with Gasteiger partial charge in [0, 0.05) is 16.8 Å². The number of carbonyl (C=O) groups excluding carboxylic acids is 1. The van der Waals surface area contributed by atoms with Crippen molar-refractivity contribution in [3.8, 4) is 17.0 Å². The molecule has 9 heteroatoms. The summed E-state index contributed by atoms with van der Waals surface area (Å²) in [5.41, 5.74) is 4.42. The van der Waals surface area contributed by atoms with Crippen molar-refractivity contribution < 1.29 is 22.7 Å². The molecule has 2 N–H and O–H groups in total. The minimum Gasteiger partial charge on any atom is -0.406 e. The summed E-state index contributed by atoms with van der Waals surface area (Å²) >= 11 is 0. The van der Waals surface area contributed by atoms with Crippen LogP contribution in [0.1, 0.15) is 41.5 Å². The van der Waals surface area contributed by atoms with E-state index in [1.807, 2.05) is 18.2 Å². The largest absolute Gasteiger partial charge is 0.573 e. The van der Waals surface area contributed by atoms with Crippen LogP contribution in [0.2, 0.25) is 0 Å². The number of ether oxygens (including phenoxy) is 1. The van der Waals surface area contributed by atoms with Crippen molar-refractivity contribution in [3.63, 3.8) is 0 Å². The van der Waals surface area contributed by atoms with Crippen molar-refractivity contribution in [3.05, 3.63) is 77.5 Å². The van der Waals surface area contributed by atoms with Crippen LogP contribution in [0.15, 0.2) is 60.8 Å². The number of aldehydes is 1. The first-order valence-electron chi connectivity index (χ1n) is 12.1. The van der Waals surface area contributed by atoms with Gasteiger partial charge in [-0.1, -0.05) is 24.3 Å². The number of halogens is 3. The number of carbonyl (C=O) groups is 1. The minimum atomic E-state index is -4.79. The van der Waals surface area contributed by atoms with Gasteiger partial charge in [-0.15, -0.1) is 13.2 Å². The second kappa shape index (κ2) is 10.3. The van der Waals surface area contributed by atoms with Crippen LogP contribution in [-0.2, 0) is 4.79 Å². The third kappa shape index (κ3) is 5.77. The Morgan fingerprint density at radius 2 is 1.86 bits per heavy atom. The van der Waals surface area contributed by atoms with E-state index in [9.17, 15) is 18.0 Å². The van der Waals surface area contributed by atoms with Gasteiger partial charge in [-0.25, -0.2) is 4.98 Å². The molecule has 5 rings (SSSR count). The fourth-order valence-corrected chi connectivity index (χ4v) is 4.88. The van der Waals surface area contributed by atoms with Gasteiger partial charge in [-0.2, -0.15) is 0 Å². The van der Waals surface area contributed by atoms with E-state index in [0.717, 1.165) is 43.5 Å². The molecule has 1 unspecified atom stereocenters. The summed E-state index contributed by atoms with van der Waals surface area (Å²) in [6.07, 6.45) is 1.74. The normalized spacial score (nSPS) is 18.1.